The largest absolute Gasteiger partial charge is 0.354 e. The van der Waals surface area contributed by atoms with Gasteiger partial charge in [-0.05, 0) is 68.1 Å². The van der Waals surface area contributed by atoms with Crippen molar-refractivity contribution in [3.63, 3.8) is 0 Å². The van der Waals surface area contributed by atoms with E-state index in [1.165, 1.54) is 38.5 Å². The predicted molar refractivity (Wildman–Crippen MR) is 84.0 cm³/mol. The van der Waals surface area contributed by atoms with Gasteiger partial charge in [-0.1, -0.05) is 0 Å². The van der Waals surface area contributed by atoms with Gasteiger partial charge in [0.25, 0.3) is 0 Å². The van der Waals surface area contributed by atoms with Gasteiger partial charge in [-0.25, -0.2) is 0 Å². The van der Waals surface area contributed by atoms with Crippen LogP contribution in [0.15, 0.2) is 0 Å². The molecule has 4 bridgehead atoms. The lowest BCUT2D eigenvalue weighted by Crippen LogP contribution is -2.48. The predicted octanol–water partition coefficient (Wildman–Crippen LogP) is 2.33. The standard InChI is InChI=1S/C18H28N2O2/c21-16(19-3-5-20-4-1-2-17(20)22)12-18-9-13-6-14(10-18)8-15(7-13)11-18/h13-15H,1-12H2,(H,19,21). The molecule has 4 nitrogen and oxygen atoms in total. The number of hydrogen-bond donors (Lipinski definition) is 1. The molecule has 1 heterocycles. The Morgan fingerprint density at radius 2 is 1.77 bits per heavy atom. The molecule has 22 heavy (non-hydrogen) atoms. The maximum absolute atomic E-state index is 12.4. The molecule has 5 aliphatic rings. The number of nitrogens with zero attached hydrogens (tertiary/aromatic N) is 1. The lowest BCUT2D eigenvalue weighted by atomic mass is 9.49. The third kappa shape index (κ3) is 2.77. The summed E-state index contributed by atoms with van der Waals surface area (Å²) in [6.45, 7) is 2.17. The average molecular weight is 304 g/mol. The fraction of sp³-hybridized carbons (Fsp3) is 0.889. The molecule has 1 aliphatic heterocycles. The Bertz CT molecular complexity index is 438. The number of rotatable bonds is 5. The summed E-state index contributed by atoms with van der Waals surface area (Å²) in [5, 5.41) is 3.07. The van der Waals surface area contributed by atoms with Crippen LogP contribution in [0.3, 0.4) is 0 Å². The van der Waals surface area contributed by atoms with Crippen LogP contribution in [0.25, 0.3) is 0 Å². The van der Waals surface area contributed by atoms with Crippen LogP contribution < -0.4 is 5.32 Å². The van der Waals surface area contributed by atoms with Gasteiger partial charge in [0.1, 0.15) is 0 Å². The zero-order chi connectivity index (χ0) is 15.2. The van der Waals surface area contributed by atoms with Gasteiger partial charge in [-0.15, -0.1) is 0 Å². The summed E-state index contributed by atoms with van der Waals surface area (Å²) in [4.78, 5) is 25.8. The molecule has 2 amide bonds. The van der Waals surface area contributed by atoms with Gasteiger partial charge >= 0.3 is 0 Å². The van der Waals surface area contributed by atoms with Crippen LogP contribution in [-0.2, 0) is 9.59 Å². The van der Waals surface area contributed by atoms with Crippen molar-refractivity contribution >= 4 is 11.8 Å². The minimum atomic E-state index is 0.216. The third-order valence-electron chi connectivity index (χ3n) is 6.58. The Labute approximate surface area is 133 Å². The van der Waals surface area contributed by atoms with E-state index in [0.717, 1.165) is 37.1 Å². The smallest absolute Gasteiger partial charge is 0.222 e. The van der Waals surface area contributed by atoms with E-state index in [-0.39, 0.29) is 11.8 Å². The lowest BCUT2D eigenvalue weighted by molar-refractivity contribution is -0.131. The van der Waals surface area contributed by atoms with E-state index >= 15 is 0 Å². The molecule has 4 aliphatic carbocycles. The average Bonchev–Trinajstić information content (AvgIpc) is 2.82. The second-order valence-electron chi connectivity index (χ2n) is 8.43. The van der Waals surface area contributed by atoms with Crippen LogP contribution >= 0.6 is 0 Å². The van der Waals surface area contributed by atoms with E-state index in [4.69, 9.17) is 0 Å². The van der Waals surface area contributed by atoms with Crippen LogP contribution in [0.2, 0.25) is 0 Å². The van der Waals surface area contributed by atoms with Crippen molar-refractivity contribution in [1.29, 1.82) is 0 Å². The van der Waals surface area contributed by atoms with Crippen LogP contribution in [-0.4, -0.2) is 36.3 Å². The first-order valence-corrected chi connectivity index (χ1v) is 9.16. The van der Waals surface area contributed by atoms with Crippen LogP contribution in [0.1, 0.15) is 57.8 Å². The number of amides is 2. The molecule has 0 unspecified atom stereocenters. The fourth-order valence-corrected chi connectivity index (χ4v) is 6.18. The minimum Gasteiger partial charge on any atom is -0.354 e. The van der Waals surface area contributed by atoms with Crippen molar-refractivity contribution in [1.82, 2.24) is 10.2 Å². The number of carbonyl (C=O) groups is 2. The van der Waals surface area contributed by atoms with E-state index < -0.39 is 0 Å². The highest BCUT2D eigenvalue weighted by Crippen LogP contribution is 2.61. The number of likely N-dealkylation sites (tertiary alicyclic amines) is 1. The zero-order valence-electron chi connectivity index (χ0n) is 13.5. The van der Waals surface area contributed by atoms with Crippen LogP contribution in [0, 0.1) is 23.2 Å². The molecule has 1 saturated heterocycles. The molecule has 5 rings (SSSR count). The highest BCUT2D eigenvalue weighted by atomic mass is 16.2. The molecule has 0 spiro atoms. The summed E-state index contributed by atoms with van der Waals surface area (Å²) in [6.07, 6.45) is 10.5. The topological polar surface area (TPSA) is 49.4 Å². The summed E-state index contributed by atoms with van der Waals surface area (Å²) >= 11 is 0. The van der Waals surface area contributed by atoms with Crippen molar-refractivity contribution in [3.8, 4) is 0 Å². The second kappa shape index (κ2) is 5.54. The molecule has 1 N–H and O–H groups in total. The highest BCUT2D eigenvalue weighted by molar-refractivity contribution is 5.78. The Kier molecular flexibility index (Phi) is 3.66. The maximum Gasteiger partial charge on any atom is 0.222 e. The third-order valence-corrected chi connectivity index (χ3v) is 6.58. The quantitative estimate of drug-likeness (QED) is 0.847. The molecular formula is C18H28N2O2. The Morgan fingerprint density at radius 1 is 1.14 bits per heavy atom. The van der Waals surface area contributed by atoms with Gasteiger partial charge in [0.15, 0.2) is 0 Å². The fourth-order valence-electron chi connectivity index (χ4n) is 6.18. The summed E-state index contributed by atoms with van der Waals surface area (Å²) < 4.78 is 0. The van der Waals surface area contributed by atoms with Gasteiger partial charge in [0.05, 0.1) is 0 Å². The lowest BCUT2D eigenvalue weighted by Gasteiger charge is -2.56. The Morgan fingerprint density at radius 3 is 2.32 bits per heavy atom. The number of nitrogens with one attached hydrogen (secondary N) is 1. The first-order chi connectivity index (χ1) is 10.6. The van der Waals surface area contributed by atoms with Crippen LogP contribution in [0.4, 0.5) is 0 Å². The highest BCUT2D eigenvalue weighted by Gasteiger charge is 2.51. The number of hydrogen-bond acceptors (Lipinski definition) is 2. The van der Waals surface area contributed by atoms with E-state index in [2.05, 4.69) is 5.32 Å². The molecule has 0 aromatic carbocycles. The normalized spacial score (nSPS) is 39.5. The molecule has 0 aromatic heterocycles. The van der Waals surface area contributed by atoms with E-state index in [0.29, 0.717) is 24.9 Å². The molecule has 0 radical (unpaired) electrons. The second-order valence-corrected chi connectivity index (χ2v) is 8.43. The molecule has 0 aromatic rings. The van der Waals surface area contributed by atoms with Crippen molar-refractivity contribution in [3.05, 3.63) is 0 Å². The molecule has 122 valence electrons. The Balaban J connectivity index is 1.26. The summed E-state index contributed by atoms with van der Waals surface area (Å²) in [6, 6.07) is 0. The number of carbonyl (C=O) groups excluding carboxylic acids is 2. The molecule has 5 fully saturated rings. The van der Waals surface area contributed by atoms with Gasteiger partial charge in [0.2, 0.25) is 11.8 Å². The maximum atomic E-state index is 12.4. The van der Waals surface area contributed by atoms with Crippen molar-refractivity contribution < 1.29 is 9.59 Å². The Hall–Kier alpha value is -1.06. The van der Waals surface area contributed by atoms with E-state index in [1.807, 2.05) is 4.90 Å². The van der Waals surface area contributed by atoms with Crippen LogP contribution in [0.5, 0.6) is 0 Å². The van der Waals surface area contributed by atoms with Crippen molar-refractivity contribution in [2.45, 2.75) is 57.8 Å². The van der Waals surface area contributed by atoms with Crippen molar-refractivity contribution in [2.75, 3.05) is 19.6 Å². The molecule has 0 atom stereocenters. The van der Waals surface area contributed by atoms with Gasteiger partial charge in [-0.3, -0.25) is 9.59 Å². The SMILES string of the molecule is O=C(CC12CC3CC(CC(C3)C1)C2)NCCN1CCCC1=O. The molecule has 4 saturated carbocycles. The first-order valence-electron chi connectivity index (χ1n) is 9.16. The van der Waals surface area contributed by atoms with E-state index in [9.17, 15) is 9.59 Å². The first kappa shape index (κ1) is 14.5. The van der Waals surface area contributed by atoms with E-state index in [1.54, 1.807) is 0 Å². The monoisotopic (exact) mass is 304 g/mol. The van der Waals surface area contributed by atoms with Gasteiger partial charge < -0.3 is 10.2 Å². The molecular weight excluding hydrogens is 276 g/mol. The van der Waals surface area contributed by atoms with Crippen molar-refractivity contribution in [2.24, 2.45) is 23.2 Å². The zero-order valence-corrected chi connectivity index (χ0v) is 13.5. The summed E-state index contributed by atoms with van der Waals surface area (Å²) in [7, 11) is 0. The summed E-state index contributed by atoms with van der Waals surface area (Å²) in [5.74, 6) is 3.17. The molecule has 4 heteroatoms. The minimum absolute atomic E-state index is 0.216. The van der Waals surface area contributed by atoms with Gasteiger partial charge in [-0.2, -0.15) is 0 Å². The summed E-state index contributed by atoms with van der Waals surface area (Å²) in [5.41, 5.74) is 0.322. The van der Waals surface area contributed by atoms with Gasteiger partial charge in [0, 0.05) is 32.5 Å².